The van der Waals surface area contributed by atoms with Gasteiger partial charge in [0.2, 0.25) is 5.91 Å². The Kier molecular flexibility index (Phi) is 5.38. The van der Waals surface area contributed by atoms with E-state index in [1.165, 1.54) is 0 Å². The highest BCUT2D eigenvalue weighted by Gasteiger charge is 2.28. The molecule has 0 unspecified atom stereocenters. The van der Waals surface area contributed by atoms with Gasteiger partial charge in [-0.15, -0.1) is 0 Å². The van der Waals surface area contributed by atoms with Crippen LogP contribution in [0.15, 0.2) is 30.3 Å². The van der Waals surface area contributed by atoms with Crippen LogP contribution in [-0.4, -0.2) is 46.8 Å². The number of nitrogens with two attached hydrogens (primary N) is 1. The second-order valence-corrected chi connectivity index (χ2v) is 6.62. The summed E-state index contributed by atoms with van der Waals surface area (Å²) in [6.07, 6.45) is 1.34. The molecule has 6 heteroatoms. The number of hydrogen-bond donors (Lipinski definition) is 1. The summed E-state index contributed by atoms with van der Waals surface area (Å²) in [5.41, 5.74) is 8.60. The van der Waals surface area contributed by atoms with E-state index in [0.717, 1.165) is 42.2 Å². The Hall–Kier alpha value is -2.34. The van der Waals surface area contributed by atoms with E-state index in [-0.39, 0.29) is 11.9 Å². The van der Waals surface area contributed by atoms with Gasteiger partial charge in [-0.1, -0.05) is 12.1 Å². The number of aromatic nitrogens is 2. The van der Waals surface area contributed by atoms with E-state index in [4.69, 9.17) is 10.5 Å². The van der Waals surface area contributed by atoms with Crippen molar-refractivity contribution < 1.29 is 9.53 Å². The molecular formula is C19H26N4O2. The number of amides is 1. The van der Waals surface area contributed by atoms with Gasteiger partial charge in [0.1, 0.15) is 12.4 Å². The van der Waals surface area contributed by atoms with E-state index in [1.54, 1.807) is 0 Å². The molecule has 1 aromatic heterocycles. The summed E-state index contributed by atoms with van der Waals surface area (Å²) < 4.78 is 7.59. The summed E-state index contributed by atoms with van der Waals surface area (Å²) >= 11 is 0. The number of likely N-dealkylation sites (tertiary alicyclic amines) is 1. The topological polar surface area (TPSA) is 73.4 Å². The number of hydrogen-bond acceptors (Lipinski definition) is 4. The van der Waals surface area contributed by atoms with E-state index < -0.39 is 0 Å². The Labute approximate surface area is 148 Å². The average molecular weight is 342 g/mol. The Morgan fingerprint density at radius 1 is 1.36 bits per heavy atom. The van der Waals surface area contributed by atoms with Gasteiger partial charge < -0.3 is 15.4 Å². The zero-order valence-corrected chi connectivity index (χ0v) is 14.9. The van der Waals surface area contributed by atoms with Crippen molar-refractivity contribution in [3.8, 4) is 5.75 Å². The first-order valence-electron chi connectivity index (χ1n) is 8.79. The first kappa shape index (κ1) is 17.5. The highest BCUT2D eigenvalue weighted by Crippen LogP contribution is 2.24. The molecule has 0 bridgehead atoms. The molecule has 0 saturated carbocycles. The van der Waals surface area contributed by atoms with Crippen molar-refractivity contribution in [3.63, 3.8) is 0 Å². The van der Waals surface area contributed by atoms with E-state index in [9.17, 15) is 4.79 Å². The lowest BCUT2D eigenvalue weighted by Crippen LogP contribution is -2.30. The van der Waals surface area contributed by atoms with Crippen LogP contribution >= 0.6 is 0 Å². The standard InChI is InChI=1S/C19H26N4O2/c1-14-10-15(2)23(21-14)17-6-8-22(13-17)19(24)12-16-4-3-5-18(11-16)25-9-7-20/h3-5,10-11,17H,6-9,12-13,20H2,1-2H3/t17-/m0/s1. The molecule has 25 heavy (non-hydrogen) atoms. The predicted octanol–water partition coefficient (Wildman–Crippen LogP) is 1.85. The molecule has 2 heterocycles. The van der Waals surface area contributed by atoms with Crippen LogP contribution in [0, 0.1) is 13.8 Å². The van der Waals surface area contributed by atoms with Crippen molar-refractivity contribution in [2.45, 2.75) is 32.7 Å². The number of carbonyl (C=O) groups is 1. The van der Waals surface area contributed by atoms with Crippen LogP contribution in [0.1, 0.15) is 29.4 Å². The van der Waals surface area contributed by atoms with Crippen molar-refractivity contribution in [1.82, 2.24) is 14.7 Å². The minimum absolute atomic E-state index is 0.153. The van der Waals surface area contributed by atoms with Gasteiger partial charge in [-0.3, -0.25) is 9.48 Å². The van der Waals surface area contributed by atoms with Crippen LogP contribution in [0.25, 0.3) is 0 Å². The summed E-state index contributed by atoms with van der Waals surface area (Å²) in [5, 5.41) is 4.56. The third-order valence-corrected chi connectivity index (χ3v) is 4.55. The fraction of sp³-hybridized carbons (Fsp3) is 0.474. The molecule has 0 radical (unpaired) electrons. The average Bonchev–Trinajstić information content (AvgIpc) is 3.19. The molecule has 1 aromatic carbocycles. The van der Waals surface area contributed by atoms with Gasteiger partial charge in [0.05, 0.1) is 18.2 Å². The molecule has 1 aliphatic heterocycles. The first-order chi connectivity index (χ1) is 12.1. The molecule has 2 aromatic rings. The highest BCUT2D eigenvalue weighted by atomic mass is 16.5. The fourth-order valence-corrected chi connectivity index (χ4v) is 3.39. The van der Waals surface area contributed by atoms with Gasteiger partial charge in [-0.25, -0.2) is 0 Å². The van der Waals surface area contributed by atoms with Gasteiger partial charge in [-0.2, -0.15) is 5.10 Å². The van der Waals surface area contributed by atoms with Gasteiger partial charge in [0, 0.05) is 25.3 Å². The van der Waals surface area contributed by atoms with Crippen molar-refractivity contribution in [2.75, 3.05) is 26.2 Å². The Morgan fingerprint density at radius 2 is 2.20 bits per heavy atom. The molecule has 3 rings (SSSR count). The van der Waals surface area contributed by atoms with Gasteiger partial charge in [-0.05, 0) is 44.0 Å². The molecule has 1 aliphatic rings. The van der Waals surface area contributed by atoms with Crippen LogP contribution in [-0.2, 0) is 11.2 Å². The molecule has 1 saturated heterocycles. The summed E-state index contributed by atoms with van der Waals surface area (Å²) in [5.74, 6) is 0.915. The minimum Gasteiger partial charge on any atom is -0.492 e. The predicted molar refractivity (Wildman–Crippen MR) is 96.6 cm³/mol. The van der Waals surface area contributed by atoms with E-state index >= 15 is 0 Å². The van der Waals surface area contributed by atoms with Crippen LogP contribution in [0.5, 0.6) is 5.75 Å². The smallest absolute Gasteiger partial charge is 0.227 e. The zero-order chi connectivity index (χ0) is 17.8. The quantitative estimate of drug-likeness (QED) is 0.869. The molecule has 1 amide bonds. The van der Waals surface area contributed by atoms with Crippen molar-refractivity contribution in [2.24, 2.45) is 5.73 Å². The monoisotopic (exact) mass is 342 g/mol. The third kappa shape index (κ3) is 4.20. The second-order valence-electron chi connectivity index (χ2n) is 6.62. The molecule has 6 nitrogen and oxygen atoms in total. The van der Waals surface area contributed by atoms with Gasteiger partial charge in [0.15, 0.2) is 0 Å². The maximum Gasteiger partial charge on any atom is 0.227 e. The molecule has 0 spiro atoms. The van der Waals surface area contributed by atoms with Crippen LogP contribution in [0.3, 0.4) is 0 Å². The lowest BCUT2D eigenvalue weighted by molar-refractivity contribution is -0.129. The summed E-state index contributed by atoms with van der Waals surface area (Å²) in [6.45, 7) is 6.53. The number of carbonyl (C=O) groups excluding carboxylic acids is 1. The van der Waals surface area contributed by atoms with Gasteiger partial charge in [0.25, 0.3) is 0 Å². The first-order valence-corrected chi connectivity index (χ1v) is 8.79. The second kappa shape index (κ2) is 7.70. The summed E-state index contributed by atoms with van der Waals surface area (Å²) in [4.78, 5) is 14.6. The maximum absolute atomic E-state index is 12.6. The van der Waals surface area contributed by atoms with Crippen LogP contribution < -0.4 is 10.5 Å². The molecule has 1 atom stereocenters. The van der Waals surface area contributed by atoms with E-state index in [0.29, 0.717) is 19.6 Å². The van der Waals surface area contributed by atoms with Gasteiger partial charge >= 0.3 is 0 Å². The number of nitrogens with zero attached hydrogens (tertiary/aromatic N) is 3. The number of ether oxygens (including phenoxy) is 1. The molecule has 1 fully saturated rings. The number of rotatable bonds is 6. The van der Waals surface area contributed by atoms with E-state index in [2.05, 4.69) is 22.8 Å². The van der Waals surface area contributed by atoms with Crippen molar-refractivity contribution in [1.29, 1.82) is 0 Å². The third-order valence-electron chi connectivity index (χ3n) is 4.55. The minimum atomic E-state index is 0.153. The van der Waals surface area contributed by atoms with Crippen molar-refractivity contribution >= 4 is 5.91 Å². The fourth-order valence-electron chi connectivity index (χ4n) is 3.39. The number of benzene rings is 1. The Morgan fingerprint density at radius 3 is 2.92 bits per heavy atom. The highest BCUT2D eigenvalue weighted by molar-refractivity contribution is 5.79. The van der Waals surface area contributed by atoms with Crippen molar-refractivity contribution in [3.05, 3.63) is 47.3 Å². The van der Waals surface area contributed by atoms with E-state index in [1.807, 2.05) is 36.1 Å². The SMILES string of the molecule is Cc1cc(C)n([C@H]2CCN(C(=O)Cc3cccc(OCCN)c3)C2)n1. The molecule has 2 N–H and O–H groups in total. The lowest BCUT2D eigenvalue weighted by Gasteiger charge is -2.18. The van der Waals surface area contributed by atoms with Crippen LogP contribution in [0.4, 0.5) is 0 Å². The zero-order valence-electron chi connectivity index (χ0n) is 14.9. The maximum atomic E-state index is 12.6. The molecule has 134 valence electrons. The Bertz CT molecular complexity index is 741. The molecular weight excluding hydrogens is 316 g/mol. The molecule has 0 aliphatic carbocycles. The van der Waals surface area contributed by atoms with Crippen LogP contribution in [0.2, 0.25) is 0 Å². The summed E-state index contributed by atoms with van der Waals surface area (Å²) in [7, 11) is 0. The largest absolute Gasteiger partial charge is 0.492 e. The number of aryl methyl sites for hydroxylation is 2. The summed E-state index contributed by atoms with van der Waals surface area (Å²) in [6, 6.07) is 10.0. The Balaban J connectivity index is 1.60. The lowest BCUT2D eigenvalue weighted by atomic mass is 10.1. The normalized spacial score (nSPS) is 17.1.